The van der Waals surface area contributed by atoms with Gasteiger partial charge in [-0.1, -0.05) is 19.6 Å². The number of carbonyl (C=O) groups excluding carboxylic acids is 4. The van der Waals surface area contributed by atoms with Gasteiger partial charge in [0.1, 0.15) is 24.1 Å². The predicted octanol–water partition coefficient (Wildman–Crippen LogP) is 4.61. The quantitative estimate of drug-likeness (QED) is 0.0987. The van der Waals surface area contributed by atoms with Crippen LogP contribution in [0.4, 0.5) is 8.78 Å². The van der Waals surface area contributed by atoms with Crippen LogP contribution in [0, 0.1) is 0 Å². The fraction of sp³-hybridized carbons (Fsp3) is 0.559. The minimum atomic E-state index is -3.20. The third kappa shape index (κ3) is 11.4. The van der Waals surface area contributed by atoms with Crippen molar-refractivity contribution in [2.45, 2.75) is 82.7 Å². The molecular formula is C34H46F2N4O7. The Labute approximate surface area is 274 Å². The van der Waals surface area contributed by atoms with Crippen LogP contribution in [0.15, 0.2) is 48.6 Å². The molecule has 2 aliphatic heterocycles. The van der Waals surface area contributed by atoms with Crippen molar-refractivity contribution in [3.63, 3.8) is 0 Å². The molecule has 258 valence electrons. The minimum absolute atomic E-state index is 0.0680. The first kappa shape index (κ1) is 37.5. The molecule has 2 aliphatic rings. The molecule has 11 nitrogen and oxygen atoms in total. The molecule has 0 saturated carbocycles. The lowest BCUT2D eigenvalue weighted by atomic mass is 10.0. The lowest BCUT2D eigenvalue weighted by Gasteiger charge is -2.27. The second kappa shape index (κ2) is 19.0. The monoisotopic (exact) mass is 660 g/mol. The number of piperidine rings is 1. The second-order valence-electron chi connectivity index (χ2n) is 11.5. The van der Waals surface area contributed by atoms with E-state index in [0.717, 1.165) is 49.5 Å². The number of amides is 4. The molecule has 3 rings (SSSR count). The maximum atomic E-state index is 14.4. The third-order valence-corrected chi connectivity index (χ3v) is 7.71. The van der Waals surface area contributed by atoms with Crippen molar-refractivity contribution in [1.29, 1.82) is 0 Å². The highest BCUT2D eigenvalue weighted by Crippen LogP contribution is 2.30. The van der Waals surface area contributed by atoms with Crippen LogP contribution in [0.25, 0.3) is 0 Å². The fourth-order valence-electron chi connectivity index (χ4n) is 5.18. The molecule has 47 heavy (non-hydrogen) atoms. The number of nitrogens with zero attached hydrogens (tertiary/aromatic N) is 2. The van der Waals surface area contributed by atoms with E-state index in [-0.39, 0.29) is 42.3 Å². The van der Waals surface area contributed by atoms with Crippen LogP contribution in [-0.2, 0) is 19.1 Å². The zero-order valence-electron chi connectivity index (χ0n) is 27.1. The molecule has 0 radical (unpaired) electrons. The highest BCUT2D eigenvalue weighted by Gasteiger charge is 2.44. The molecule has 0 aliphatic carbocycles. The molecule has 1 aromatic carbocycles. The number of aliphatic imine (C=N–C) groups is 1. The number of benzene rings is 1. The maximum Gasteiger partial charge on any atom is 0.312 e. The van der Waals surface area contributed by atoms with Gasteiger partial charge in [0, 0.05) is 32.8 Å². The Balaban J connectivity index is 1.20. The molecule has 4 amide bonds. The molecule has 0 spiro atoms. The van der Waals surface area contributed by atoms with Crippen molar-refractivity contribution >= 4 is 29.3 Å². The summed E-state index contributed by atoms with van der Waals surface area (Å²) >= 11 is 0. The summed E-state index contributed by atoms with van der Waals surface area (Å²) in [6, 6.07) is 3.33. The zero-order chi connectivity index (χ0) is 34.2. The number of rotatable bonds is 23. The number of fused-ring (bicyclic) bond motifs is 1. The van der Waals surface area contributed by atoms with E-state index in [1.807, 2.05) is 0 Å². The normalized spacial score (nSPS) is 17.4. The summed E-state index contributed by atoms with van der Waals surface area (Å²) in [5, 5.41) is 5.03. The van der Waals surface area contributed by atoms with Gasteiger partial charge in [-0.3, -0.25) is 34.4 Å². The van der Waals surface area contributed by atoms with E-state index in [1.165, 1.54) is 18.3 Å². The van der Waals surface area contributed by atoms with Crippen molar-refractivity contribution in [1.82, 2.24) is 15.5 Å². The molecule has 2 atom stereocenters. The Kier molecular flexibility index (Phi) is 15.2. The van der Waals surface area contributed by atoms with Crippen LogP contribution < -0.4 is 15.4 Å². The van der Waals surface area contributed by atoms with Crippen LogP contribution in [0.1, 0.15) is 85.4 Å². The second-order valence-corrected chi connectivity index (χ2v) is 11.5. The van der Waals surface area contributed by atoms with E-state index in [4.69, 9.17) is 14.2 Å². The standard InChI is InChI=1S/C34H46F2N4O7/c1-4-29(38-24(3)22-37-5-2)34(35,36)23-46-19-11-8-10-18-45-17-9-6-7-12-20-47-25-13-14-26-27(21-25)33(44)40(32(26)43)28-15-16-30(41)39-31(28)42/h4-5,13-14,21,24,28,37H,1-2,6-12,15-20,22-23H2,3H3,(H,39,41,42). The van der Waals surface area contributed by atoms with Gasteiger partial charge in [-0.15, -0.1) is 0 Å². The average molecular weight is 661 g/mol. The molecule has 1 fully saturated rings. The van der Waals surface area contributed by atoms with E-state index in [9.17, 15) is 28.0 Å². The van der Waals surface area contributed by atoms with E-state index in [1.54, 1.807) is 13.0 Å². The van der Waals surface area contributed by atoms with E-state index < -0.39 is 42.2 Å². The first-order valence-corrected chi connectivity index (χ1v) is 16.2. The highest BCUT2D eigenvalue weighted by molar-refractivity contribution is 6.23. The Morgan fingerprint density at radius 3 is 2.30 bits per heavy atom. The fourth-order valence-corrected chi connectivity index (χ4v) is 5.18. The summed E-state index contributed by atoms with van der Waals surface area (Å²) in [6.07, 6.45) is 8.63. The Morgan fingerprint density at radius 2 is 1.64 bits per heavy atom. The number of halogens is 2. The first-order chi connectivity index (χ1) is 22.6. The Hall–Kier alpha value is -3.97. The lowest BCUT2D eigenvalue weighted by molar-refractivity contribution is -0.136. The molecule has 2 heterocycles. The minimum Gasteiger partial charge on any atom is -0.494 e. The first-order valence-electron chi connectivity index (χ1n) is 16.2. The highest BCUT2D eigenvalue weighted by atomic mass is 19.3. The van der Waals surface area contributed by atoms with Gasteiger partial charge < -0.3 is 19.5 Å². The zero-order valence-corrected chi connectivity index (χ0v) is 27.1. The SMILES string of the molecule is C=CNCC(C)N=C(C=C)C(F)(F)COCCCCCOCCCCCCOc1ccc2c(c1)C(=O)N(C1CCC(=O)NC1=O)C2=O. The number of alkyl halides is 2. The summed E-state index contributed by atoms with van der Waals surface area (Å²) in [5.41, 5.74) is 0.0237. The smallest absolute Gasteiger partial charge is 0.312 e. The van der Waals surface area contributed by atoms with Crippen LogP contribution >= 0.6 is 0 Å². The van der Waals surface area contributed by atoms with Crippen LogP contribution in [0.5, 0.6) is 5.75 Å². The van der Waals surface area contributed by atoms with Crippen molar-refractivity contribution in [2.75, 3.05) is 39.6 Å². The molecular weight excluding hydrogens is 614 g/mol. The number of allylic oxidation sites excluding steroid dienone is 1. The lowest BCUT2D eigenvalue weighted by Crippen LogP contribution is -2.54. The van der Waals surface area contributed by atoms with Gasteiger partial charge >= 0.3 is 5.92 Å². The summed E-state index contributed by atoms with van der Waals surface area (Å²) in [6.45, 7) is 10.3. The molecule has 0 aromatic heterocycles. The number of hydrogen-bond acceptors (Lipinski definition) is 9. The van der Waals surface area contributed by atoms with Gasteiger partial charge in [0.2, 0.25) is 11.8 Å². The number of imide groups is 2. The average Bonchev–Trinajstić information content (AvgIpc) is 3.28. The topological polar surface area (TPSA) is 136 Å². The van der Waals surface area contributed by atoms with Gasteiger partial charge in [-0.05, 0) is 82.3 Å². The van der Waals surface area contributed by atoms with Crippen molar-refractivity contribution in [3.05, 3.63) is 54.8 Å². The summed E-state index contributed by atoms with van der Waals surface area (Å²) in [5.74, 6) is -4.91. The molecule has 0 bridgehead atoms. The predicted molar refractivity (Wildman–Crippen MR) is 173 cm³/mol. The summed E-state index contributed by atoms with van der Waals surface area (Å²) in [7, 11) is 0. The number of ether oxygens (including phenoxy) is 3. The largest absolute Gasteiger partial charge is 0.494 e. The Bertz CT molecular complexity index is 1300. The molecule has 2 N–H and O–H groups in total. The van der Waals surface area contributed by atoms with Crippen molar-refractivity contribution in [2.24, 2.45) is 4.99 Å². The van der Waals surface area contributed by atoms with Gasteiger partial charge in [0.25, 0.3) is 11.8 Å². The van der Waals surface area contributed by atoms with Gasteiger partial charge in [-0.25, -0.2) is 0 Å². The van der Waals surface area contributed by atoms with Gasteiger partial charge in [0.05, 0.1) is 23.8 Å². The van der Waals surface area contributed by atoms with Gasteiger partial charge in [-0.2, -0.15) is 8.78 Å². The molecule has 13 heteroatoms. The maximum absolute atomic E-state index is 14.4. The molecule has 1 saturated heterocycles. The van der Waals surface area contributed by atoms with E-state index in [2.05, 4.69) is 28.8 Å². The number of carbonyl (C=O) groups is 4. The number of hydrogen-bond donors (Lipinski definition) is 2. The van der Waals surface area contributed by atoms with E-state index in [0.29, 0.717) is 38.5 Å². The van der Waals surface area contributed by atoms with Gasteiger partial charge in [0.15, 0.2) is 0 Å². The van der Waals surface area contributed by atoms with Crippen molar-refractivity contribution in [3.8, 4) is 5.75 Å². The molecule has 1 aromatic rings. The van der Waals surface area contributed by atoms with E-state index >= 15 is 0 Å². The van der Waals surface area contributed by atoms with Crippen molar-refractivity contribution < 1.29 is 42.2 Å². The number of nitrogens with one attached hydrogen (secondary N) is 2. The summed E-state index contributed by atoms with van der Waals surface area (Å²) < 4.78 is 45.5. The summed E-state index contributed by atoms with van der Waals surface area (Å²) in [4.78, 5) is 54.3. The van der Waals surface area contributed by atoms with Crippen LogP contribution in [-0.4, -0.2) is 91.8 Å². The Morgan fingerprint density at radius 1 is 1.00 bits per heavy atom. The van der Waals surface area contributed by atoms with Crippen LogP contribution in [0.2, 0.25) is 0 Å². The third-order valence-electron chi connectivity index (χ3n) is 7.71. The number of unbranched alkanes of at least 4 members (excludes halogenated alkanes) is 5. The van der Waals surface area contributed by atoms with Crippen LogP contribution in [0.3, 0.4) is 0 Å². The molecule has 2 unspecified atom stereocenters.